The van der Waals surface area contributed by atoms with Gasteiger partial charge in [-0.2, -0.15) is 0 Å². The molecule has 4 rings (SSSR count). The summed E-state index contributed by atoms with van der Waals surface area (Å²) in [5.74, 6) is 0.929. The van der Waals surface area contributed by atoms with Gasteiger partial charge in [0.1, 0.15) is 23.7 Å². The SMILES string of the molecule is COc1ccc(F)cc1-c1cc(N2CCN(C(=O)NCc3ccc(C)cc3)CC2)ncn1. The fraction of sp³-hybridized carbons (Fsp3) is 0.292. The van der Waals surface area contributed by atoms with Crippen molar-refractivity contribution in [1.82, 2.24) is 20.2 Å². The van der Waals surface area contributed by atoms with E-state index < -0.39 is 0 Å². The van der Waals surface area contributed by atoms with E-state index in [1.165, 1.54) is 24.0 Å². The lowest BCUT2D eigenvalue weighted by atomic mass is 10.1. The third-order valence-corrected chi connectivity index (χ3v) is 5.55. The maximum absolute atomic E-state index is 13.8. The first-order chi connectivity index (χ1) is 15.5. The second kappa shape index (κ2) is 9.64. The van der Waals surface area contributed by atoms with Gasteiger partial charge in [-0.1, -0.05) is 29.8 Å². The first kappa shape index (κ1) is 21.5. The Bertz CT molecular complexity index is 1080. The number of hydrogen-bond acceptors (Lipinski definition) is 5. The van der Waals surface area contributed by atoms with Crippen LogP contribution in [0.1, 0.15) is 11.1 Å². The number of benzene rings is 2. The van der Waals surface area contributed by atoms with E-state index in [-0.39, 0.29) is 11.8 Å². The number of hydrogen-bond donors (Lipinski definition) is 1. The Morgan fingerprint density at radius 2 is 1.81 bits per heavy atom. The summed E-state index contributed by atoms with van der Waals surface area (Å²) in [6.45, 7) is 5.01. The number of halogens is 1. The Morgan fingerprint density at radius 1 is 1.06 bits per heavy atom. The van der Waals surface area contributed by atoms with Gasteiger partial charge in [0.05, 0.1) is 12.8 Å². The molecule has 32 heavy (non-hydrogen) atoms. The standard InChI is InChI=1S/C24H26FN5O2/c1-17-3-5-18(6-4-17)15-26-24(31)30-11-9-29(10-12-30)23-14-21(27-16-28-23)20-13-19(25)7-8-22(20)32-2/h3-8,13-14,16H,9-12,15H2,1-2H3,(H,26,31). The molecule has 3 aromatic rings. The summed E-state index contributed by atoms with van der Waals surface area (Å²) in [5.41, 5.74) is 3.43. The van der Waals surface area contributed by atoms with Gasteiger partial charge in [0.15, 0.2) is 0 Å². The van der Waals surface area contributed by atoms with Crippen LogP contribution in [0.5, 0.6) is 5.75 Å². The maximum atomic E-state index is 13.8. The quantitative estimate of drug-likeness (QED) is 0.663. The van der Waals surface area contributed by atoms with E-state index in [9.17, 15) is 9.18 Å². The molecule has 7 nitrogen and oxygen atoms in total. The van der Waals surface area contributed by atoms with Crippen molar-refractivity contribution in [3.05, 3.63) is 71.8 Å². The molecule has 0 aliphatic carbocycles. The van der Waals surface area contributed by atoms with Crippen LogP contribution in [0, 0.1) is 12.7 Å². The highest BCUT2D eigenvalue weighted by atomic mass is 19.1. The van der Waals surface area contributed by atoms with Gasteiger partial charge < -0.3 is 19.9 Å². The number of aromatic nitrogens is 2. The summed E-state index contributed by atoms with van der Waals surface area (Å²) in [4.78, 5) is 25.1. The van der Waals surface area contributed by atoms with Crippen molar-refractivity contribution in [2.45, 2.75) is 13.5 Å². The molecule has 1 aliphatic rings. The van der Waals surface area contributed by atoms with Gasteiger partial charge in [-0.15, -0.1) is 0 Å². The first-order valence-corrected chi connectivity index (χ1v) is 10.5. The summed E-state index contributed by atoms with van der Waals surface area (Å²) < 4.78 is 19.1. The normalized spacial score (nSPS) is 13.7. The average Bonchev–Trinajstić information content (AvgIpc) is 2.83. The van der Waals surface area contributed by atoms with Crippen LogP contribution in [-0.4, -0.2) is 54.2 Å². The van der Waals surface area contributed by atoms with Crippen LogP contribution in [0.15, 0.2) is 54.9 Å². The summed E-state index contributed by atoms with van der Waals surface area (Å²) in [6, 6.07) is 14.2. The molecular formula is C24H26FN5O2. The maximum Gasteiger partial charge on any atom is 0.317 e. The number of carbonyl (C=O) groups is 1. The highest BCUT2D eigenvalue weighted by Crippen LogP contribution is 2.30. The predicted molar refractivity (Wildman–Crippen MR) is 121 cm³/mol. The molecule has 0 unspecified atom stereocenters. The van der Waals surface area contributed by atoms with Crippen molar-refractivity contribution >= 4 is 11.8 Å². The molecule has 1 saturated heterocycles. The van der Waals surface area contributed by atoms with Crippen molar-refractivity contribution in [3.63, 3.8) is 0 Å². The van der Waals surface area contributed by atoms with Crippen LogP contribution in [0.25, 0.3) is 11.3 Å². The lowest BCUT2D eigenvalue weighted by Crippen LogP contribution is -2.51. The van der Waals surface area contributed by atoms with Crippen molar-refractivity contribution in [1.29, 1.82) is 0 Å². The van der Waals surface area contributed by atoms with E-state index in [2.05, 4.69) is 20.2 Å². The highest BCUT2D eigenvalue weighted by molar-refractivity contribution is 5.74. The van der Waals surface area contributed by atoms with Gasteiger partial charge in [-0.25, -0.2) is 19.2 Å². The van der Waals surface area contributed by atoms with E-state index >= 15 is 0 Å². The minimum atomic E-state index is -0.355. The third kappa shape index (κ3) is 4.96. The Balaban J connectivity index is 1.37. The van der Waals surface area contributed by atoms with E-state index in [4.69, 9.17) is 4.74 Å². The zero-order chi connectivity index (χ0) is 22.5. The Labute approximate surface area is 186 Å². The highest BCUT2D eigenvalue weighted by Gasteiger charge is 2.22. The molecule has 0 spiro atoms. The average molecular weight is 436 g/mol. The van der Waals surface area contributed by atoms with Crippen LogP contribution in [0.2, 0.25) is 0 Å². The van der Waals surface area contributed by atoms with Crippen LogP contribution >= 0.6 is 0 Å². The third-order valence-electron chi connectivity index (χ3n) is 5.55. The monoisotopic (exact) mass is 435 g/mol. The Morgan fingerprint density at radius 3 is 2.53 bits per heavy atom. The molecule has 2 heterocycles. The van der Waals surface area contributed by atoms with Crippen molar-refractivity contribution < 1.29 is 13.9 Å². The number of nitrogens with one attached hydrogen (secondary N) is 1. The van der Waals surface area contributed by atoms with Crippen molar-refractivity contribution in [3.8, 4) is 17.0 Å². The van der Waals surface area contributed by atoms with Gasteiger partial charge in [0.25, 0.3) is 0 Å². The predicted octanol–water partition coefficient (Wildman–Crippen LogP) is 3.63. The van der Waals surface area contributed by atoms with Gasteiger partial charge in [-0.3, -0.25) is 0 Å². The van der Waals surface area contributed by atoms with Gasteiger partial charge in [-0.05, 0) is 30.7 Å². The molecule has 1 aromatic heterocycles. The first-order valence-electron chi connectivity index (χ1n) is 10.5. The topological polar surface area (TPSA) is 70.6 Å². The fourth-order valence-corrected chi connectivity index (χ4v) is 3.68. The molecule has 0 atom stereocenters. The number of methoxy groups -OCH3 is 1. The lowest BCUT2D eigenvalue weighted by Gasteiger charge is -2.35. The number of nitrogens with zero attached hydrogens (tertiary/aromatic N) is 4. The molecule has 0 radical (unpaired) electrons. The van der Waals surface area contributed by atoms with E-state index in [0.29, 0.717) is 49.7 Å². The smallest absolute Gasteiger partial charge is 0.317 e. The number of piperazine rings is 1. The largest absolute Gasteiger partial charge is 0.496 e. The zero-order valence-corrected chi connectivity index (χ0v) is 18.2. The number of ether oxygens (including phenoxy) is 1. The number of urea groups is 1. The number of amides is 2. The zero-order valence-electron chi connectivity index (χ0n) is 18.2. The number of anilines is 1. The van der Waals surface area contributed by atoms with Crippen molar-refractivity contribution in [2.75, 3.05) is 38.2 Å². The lowest BCUT2D eigenvalue weighted by molar-refractivity contribution is 0.194. The minimum absolute atomic E-state index is 0.0712. The molecule has 8 heteroatoms. The molecule has 0 bridgehead atoms. The molecule has 2 aromatic carbocycles. The molecular weight excluding hydrogens is 409 g/mol. The second-order valence-electron chi connectivity index (χ2n) is 7.72. The fourth-order valence-electron chi connectivity index (χ4n) is 3.68. The van der Waals surface area contributed by atoms with Gasteiger partial charge >= 0.3 is 6.03 Å². The molecule has 1 aliphatic heterocycles. The number of aryl methyl sites for hydroxylation is 1. The summed E-state index contributed by atoms with van der Waals surface area (Å²) >= 11 is 0. The molecule has 0 saturated carbocycles. The van der Waals surface area contributed by atoms with Crippen LogP contribution in [0.4, 0.5) is 15.0 Å². The van der Waals surface area contributed by atoms with Crippen LogP contribution < -0.4 is 15.0 Å². The summed E-state index contributed by atoms with van der Waals surface area (Å²) in [7, 11) is 1.54. The van der Waals surface area contributed by atoms with E-state index in [1.54, 1.807) is 13.2 Å². The Hall–Kier alpha value is -3.68. The van der Waals surface area contributed by atoms with E-state index in [1.807, 2.05) is 42.2 Å². The van der Waals surface area contributed by atoms with Crippen molar-refractivity contribution in [2.24, 2.45) is 0 Å². The second-order valence-corrected chi connectivity index (χ2v) is 7.72. The minimum Gasteiger partial charge on any atom is -0.496 e. The molecule has 1 N–H and O–H groups in total. The number of rotatable bonds is 5. The van der Waals surface area contributed by atoms with Crippen LogP contribution in [0.3, 0.4) is 0 Å². The molecule has 166 valence electrons. The molecule has 1 fully saturated rings. The van der Waals surface area contributed by atoms with Gasteiger partial charge in [0.2, 0.25) is 0 Å². The summed E-state index contributed by atoms with van der Waals surface area (Å²) in [6.07, 6.45) is 1.47. The van der Waals surface area contributed by atoms with E-state index in [0.717, 1.165) is 11.4 Å². The summed E-state index contributed by atoms with van der Waals surface area (Å²) in [5, 5.41) is 2.98. The van der Waals surface area contributed by atoms with Gasteiger partial charge in [0, 0.05) is 44.4 Å². The molecule has 2 amide bonds. The number of carbonyl (C=O) groups excluding carboxylic acids is 1. The Kier molecular flexibility index (Phi) is 6.49. The van der Waals surface area contributed by atoms with Crippen LogP contribution in [-0.2, 0) is 6.54 Å².